The van der Waals surface area contributed by atoms with Crippen LogP contribution in [0.25, 0.3) is 0 Å². The van der Waals surface area contributed by atoms with E-state index in [4.69, 9.17) is 0 Å². The van der Waals surface area contributed by atoms with Crippen molar-refractivity contribution in [3.05, 3.63) is 119 Å². The first-order valence-electron chi connectivity index (χ1n) is 8.89. The summed E-state index contributed by atoms with van der Waals surface area (Å²) < 4.78 is 0. The summed E-state index contributed by atoms with van der Waals surface area (Å²) in [5.74, 6) is -0.593. The zero-order valence-electron chi connectivity index (χ0n) is 14.8. The zero-order valence-corrected chi connectivity index (χ0v) is 14.8. The molecule has 3 heteroatoms. The lowest BCUT2D eigenvalue weighted by atomic mass is 9.85. The van der Waals surface area contributed by atoms with E-state index in [1.165, 1.54) is 4.90 Å². The van der Waals surface area contributed by atoms with Crippen molar-refractivity contribution in [3.63, 3.8) is 0 Å². The normalized spacial score (nSPS) is 13.1. The predicted molar refractivity (Wildman–Crippen MR) is 106 cm³/mol. The number of imide groups is 1. The Hall–Kier alpha value is -3.46. The van der Waals surface area contributed by atoms with Crippen molar-refractivity contribution in [2.24, 2.45) is 0 Å². The second kappa shape index (κ2) is 7.04. The Morgan fingerprint density at radius 3 is 1.56 bits per heavy atom. The molecule has 0 radical (unpaired) electrons. The average Bonchev–Trinajstić information content (AvgIpc) is 2.95. The highest BCUT2D eigenvalue weighted by molar-refractivity contribution is 6.21. The summed E-state index contributed by atoms with van der Waals surface area (Å²) in [6.45, 7) is 4.45. The van der Waals surface area contributed by atoms with Crippen LogP contribution in [0.2, 0.25) is 0 Å². The lowest BCUT2D eigenvalue weighted by molar-refractivity contribution is 0.0667. The summed E-state index contributed by atoms with van der Waals surface area (Å²) in [6.07, 6.45) is 0. The molecular weight excluding hydrogens is 334 g/mol. The minimum Gasteiger partial charge on any atom is -0.270 e. The molecule has 2 amide bonds. The van der Waals surface area contributed by atoms with Crippen molar-refractivity contribution in [2.45, 2.75) is 5.92 Å². The van der Waals surface area contributed by atoms with Gasteiger partial charge in [-0.15, -0.1) is 0 Å². The lowest BCUT2D eigenvalue weighted by Crippen LogP contribution is -2.32. The number of hydrogen-bond donors (Lipinski definition) is 0. The number of hydrogen-bond acceptors (Lipinski definition) is 2. The van der Waals surface area contributed by atoms with Gasteiger partial charge in [-0.25, -0.2) is 0 Å². The summed E-state index contributed by atoms with van der Waals surface area (Å²) in [7, 11) is 0. The molecule has 0 bridgehead atoms. The highest BCUT2D eigenvalue weighted by atomic mass is 16.2. The molecule has 1 heterocycles. The van der Waals surface area contributed by atoms with Crippen LogP contribution in [0.4, 0.5) is 0 Å². The molecular formula is C24H19NO2. The first-order valence-corrected chi connectivity index (χ1v) is 8.89. The van der Waals surface area contributed by atoms with Gasteiger partial charge in [-0.3, -0.25) is 14.5 Å². The fourth-order valence-corrected chi connectivity index (χ4v) is 3.63. The van der Waals surface area contributed by atoms with Crippen LogP contribution in [-0.4, -0.2) is 23.3 Å². The third kappa shape index (κ3) is 3.08. The Labute approximate surface area is 158 Å². The lowest BCUT2D eigenvalue weighted by Gasteiger charge is -2.24. The van der Waals surface area contributed by atoms with Gasteiger partial charge in [0.2, 0.25) is 0 Å². The molecule has 0 atom stereocenters. The maximum atomic E-state index is 12.7. The van der Waals surface area contributed by atoms with Crippen LogP contribution in [0.1, 0.15) is 37.8 Å². The largest absolute Gasteiger partial charge is 0.270 e. The van der Waals surface area contributed by atoms with Crippen LogP contribution in [0, 0.1) is 0 Å². The topological polar surface area (TPSA) is 37.4 Å². The Kier molecular flexibility index (Phi) is 4.43. The highest BCUT2D eigenvalue weighted by Crippen LogP contribution is 2.33. The smallest absolute Gasteiger partial charge is 0.261 e. The van der Waals surface area contributed by atoms with E-state index in [0.717, 1.165) is 16.7 Å². The van der Waals surface area contributed by atoms with Gasteiger partial charge in [0.05, 0.1) is 17.7 Å². The van der Waals surface area contributed by atoms with E-state index in [1.54, 1.807) is 24.3 Å². The number of nitrogens with zero attached hydrogens (tertiary/aromatic N) is 1. The Bertz CT molecular complexity index is 934. The van der Waals surface area contributed by atoms with E-state index < -0.39 is 0 Å². The third-order valence-electron chi connectivity index (χ3n) is 4.91. The number of fused-ring (bicyclic) bond motifs is 1. The molecule has 0 fully saturated rings. The quantitative estimate of drug-likeness (QED) is 0.494. The van der Waals surface area contributed by atoms with Crippen LogP contribution in [0.15, 0.2) is 97.1 Å². The van der Waals surface area contributed by atoms with Gasteiger partial charge in [0.1, 0.15) is 0 Å². The fraction of sp³-hybridized carbons (Fsp3) is 0.0833. The summed E-state index contributed by atoms with van der Waals surface area (Å²) in [4.78, 5) is 26.7. The second-order valence-corrected chi connectivity index (χ2v) is 6.65. The van der Waals surface area contributed by atoms with Gasteiger partial charge in [-0.2, -0.15) is 0 Å². The van der Waals surface area contributed by atoms with Crippen LogP contribution in [-0.2, 0) is 0 Å². The van der Waals surface area contributed by atoms with Gasteiger partial charge in [0.15, 0.2) is 0 Å². The van der Waals surface area contributed by atoms with E-state index in [9.17, 15) is 9.59 Å². The molecule has 0 N–H and O–H groups in total. The van der Waals surface area contributed by atoms with Crippen molar-refractivity contribution >= 4 is 11.8 Å². The molecule has 0 unspecified atom stereocenters. The molecule has 3 aromatic rings. The molecule has 132 valence electrons. The van der Waals surface area contributed by atoms with Crippen LogP contribution < -0.4 is 0 Å². The summed E-state index contributed by atoms with van der Waals surface area (Å²) in [6, 6.07) is 27.0. The molecule has 3 nitrogen and oxygen atoms in total. The first-order chi connectivity index (χ1) is 13.2. The predicted octanol–water partition coefficient (Wildman–Crippen LogP) is 4.67. The maximum Gasteiger partial charge on any atom is 0.261 e. The molecule has 1 aliphatic heterocycles. The molecule has 1 aliphatic rings. The van der Waals surface area contributed by atoms with Crippen molar-refractivity contribution in [1.29, 1.82) is 0 Å². The van der Waals surface area contributed by atoms with Crippen molar-refractivity contribution in [3.8, 4) is 0 Å². The molecule has 0 saturated heterocycles. The Morgan fingerprint density at radius 2 is 1.11 bits per heavy atom. The van der Waals surface area contributed by atoms with Gasteiger partial charge < -0.3 is 0 Å². The van der Waals surface area contributed by atoms with Gasteiger partial charge >= 0.3 is 0 Å². The number of rotatable bonds is 5. The summed E-state index contributed by atoms with van der Waals surface area (Å²) in [5, 5.41) is 0. The first kappa shape index (κ1) is 17.0. The third-order valence-corrected chi connectivity index (χ3v) is 4.91. The molecule has 27 heavy (non-hydrogen) atoms. The summed E-state index contributed by atoms with van der Waals surface area (Å²) in [5.41, 5.74) is 3.91. The van der Waals surface area contributed by atoms with Crippen molar-refractivity contribution in [1.82, 2.24) is 4.90 Å². The van der Waals surface area contributed by atoms with E-state index in [0.29, 0.717) is 11.1 Å². The molecule has 0 aliphatic carbocycles. The van der Waals surface area contributed by atoms with Crippen molar-refractivity contribution in [2.75, 3.05) is 6.54 Å². The second-order valence-electron chi connectivity index (χ2n) is 6.65. The van der Waals surface area contributed by atoms with Gasteiger partial charge in [-0.05, 0) is 28.8 Å². The van der Waals surface area contributed by atoms with E-state index in [1.807, 2.05) is 60.7 Å². The van der Waals surface area contributed by atoms with E-state index >= 15 is 0 Å². The molecule has 0 saturated carbocycles. The Balaban J connectivity index is 1.66. The Morgan fingerprint density at radius 1 is 0.704 bits per heavy atom. The van der Waals surface area contributed by atoms with Crippen molar-refractivity contribution < 1.29 is 9.59 Å². The van der Waals surface area contributed by atoms with E-state index in [-0.39, 0.29) is 24.3 Å². The van der Waals surface area contributed by atoms with Gasteiger partial charge in [0.25, 0.3) is 11.8 Å². The standard InChI is InChI=1S/C24H19NO2/c1-17(16-25-23(26)20-14-8-9-15-21(20)24(25)27)22(18-10-4-2-5-11-18)19-12-6-3-7-13-19/h2-15,22H,1,16H2. The molecule has 4 rings (SSSR count). The monoisotopic (exact) mass is 353 g/mol. The minimum absolute atomic E-state index is 0.0864. The van der Waals surface area contributed by atoms with Gasteiger partial charge in [0, 0.05) is 5.92 Å². The maximum absolute atomic E-state index is 12.7. The van der Waals surface area contributed by atoms with Crippen LogP contribution >= 0.6 is 0 Å². The van der Waals surface area contributed by atoms with Crippen LogP contribution in [0.5, 0.6) is 0 Å². The highest BCUT2D eigenvalue weighted by Gasteiger charge is 2.36. The number of benzene rings is 3. The average molecular weight is 353 g/mol. The van der Waals surface area contributed by atoms with E-state index in [2.05, 4.69) is 6.58 Å². The summed E-state index contributed by atoms with van der Waals surface area (Å²) >= 11 is 0. The molecule has 0 spiro atoms. The molecule has 3 aromatic carbocycles. The number of carbonyl (C=O) groups is 2. The number of carbonyl (C=O) groups excluding carboxylic acids is 2. The number of amides is 2. The molecule has 0 aromatic heterocycles. The SMILES string of the molecule is C=C(CN1C(=O)c2ccccc2C1=O)C(c1ccccc1)c1ccccc1. The van der Waals surface area contributed by atoms with Crippen LogP contribution in [0.3, 0.4) is 0 Å². The fourth-order valence-electron chi connectivity index (χ4n) is 3.63. The zero-order chi connectivity index (χ0) is 18.8. The minimum atomic E-state index is -0.253. The van der Waals surface area contributed by atoms with Gasteiger partial charge in [-0.1, -0.05) is 79.4 Å².